The Morgan fingerprint density at radius 3 is 1.94 bits per heavy atom. The molecule has 0 radical (unpaired) electrons. The minimum absolute atomic E-state index is 0.189. The maximum Gasteiger partial charge on any atom is 0.410 e. The van der Waals surface area contributed by atoms with Crippen LogP contribution in [0.2, 0.25) is 0 Å². The normalized spacial score (nSPS) is 17.6. The third-order valence-corrected chi connectivity index (χ3v) is 3.13. The fourth-order valence-corrected chi connectivity index (χ4v) is 2.56. The van der Waals surface area contributed by atoms with E-state index in [2.05, 4.69) is 32.6 Å². The lowest BCUT2D eigenvalue weighted by molar-refractivity contribution is -0.0298. The molecule has 1 saturated heterocycles. The molecule has 0 N–H and O–H groups in total. The van der Waals surface area contributed by atoms with Gasteiger partial charge in [0.05, 0.1) is 0 Å². The standard InChI is InChI=1S/C14H28N2O2/c1-10(2)16(11(3)4)12-8-15(9-12)13(17)18-14(5,6)7/h10-12H,8-9H2,1-7H3. The zero-order valence-electron chi connectivity index (χ0n) is 12.9. The number of carbonyl (C=O) groups excluding carboxylic acids is 1. The minimum atomic E-state index is -0.405. The third kappa shape index (κ3) is 3.87. The average molecular weight is 256 g/mol. The number of amides is 1. The first kappa shape index (κ1) is 15.3. The molecule has 0 atom stereocenters. The van der Waals surface area contributed by atoms with E-state index in [1.165, 1.54) is 0 Å². The van der Waals surface area contributed by atoms with Crippen molar-refractivity contribution in [3.8, 4) is 0 Å². The van der Waals surface area contributed by atoms with E-state index in [0.717, 1.165) is 13.1 Å². The van der Waals surface area contributed by atoms with Crippen LogP contribution in [0.15, 0.2) is 0 Å². The van der Waals surface area contributed by atoms with Gasteiger partial charge in [-0.15, -0.1) is 0 Å². The fraction of sp³-hybridized carbons (Fsp3) is 0.929. The van der Waals surface area contributed by atoms with E-state index in [-0.39, 0.29) is 6.09 Å². The molecule has 4 nitrogen and oxygen atoms in total. The summed E-state index contributed by atoms with van der Waals surface area (Å²) in [5, 5.41) is 0. The van der Waals surface area contributed by atoms with Crippen LogP contribution in [0.25, 0.3) is 0 Å². The number of rotatable bonds is 3. The largest absolute Gasteiger partial charge is 0.444 e. The average Bonchev–Trinajstić information content (AvgIpc) is 2.04. The maximum atomic E-state index is 11.8. The Hall–Kier alpha value is -0.770. The lowest BCUT2D eigenvalue weighted by Crippen LogP contribution is -2.64. The van der Waals surface area contributed by atoms with Crippen molar-refractivity contribution in [1.82, 2.24) is 9.80 Å². The van der Waals surface area contributed by atoms with E-state index in [0.29, 0.717) is 18.1 Å². The Balaban J connectivity index is 2.46. The summed E-state index contributed by atoms with van der Waals surface area (Å²) in [7, 11) is 0. The molecular weight excluding hydrogens is 228 g/mol. The second-order valence-corrected chi connectivity index (χ2v) is 6.67. The van der Waals surface area contributed by atoms with Gasteiger partial charge in [0.2, 0.25) is 0 Å². The number of nitrogens with zero attached hydrogens (tertiary/aromatic N) is 2. The molecule has 18 heavy (non-hydrogen) atoms. The molecule has 0 spiro atoms. The molecule has 1 rings (SSSR count). The Kier molecular flexibility index (Phi) is 4.65. The van der Waals surface area contributed by atoms with Crippen LogP contribution in [0.1, 0.15) is 48.5 Å². The first-order valence-electron chi connectivity index (χ1n) is 6.87. The summed E-state index contributed by atoms with van der Waals surface area (Å²) in [4.78, 5) is 16.1. The lowest BCUT2D eigenvalue weighted by Gasteiger charge is -2.48. The molecule has 106 valence electrons. The van der Waals surface area contributed by atoms with Crippen molar-refractivity contribution in [3.63, 3.8) is 0 Å². The molecule has 1 amide bonds. The molecule has 0 aliphatic carbocycles. The highest BCUT2D eigenvalue weighted by Crippen LogP contribution is 2.22. The van der Waals surface area contributed by atoms with Crippen LogP contribution in [0.5, 0.6) is 0 Å². The van der Waals surface area contributed by atoms with Crippen LogP contribution in [0.4, 0.5) is 4.79 Å². The summed E-state index contributed by atoms with van der Waals surface area (Å²) in [5.41, 5.74) is -0.405. The Bertz CT molecular complexity index is 281. The molecule has 0 aromatic rings. The van der Waals surface area contributed by atoms with Crippen molar-refractivity contribution in [2.24, 2.45) is 0 Å². The first-order valence-corrected chi connectivity index (χ1v) is 6.87. The number of carbonyl (C=O) groups is 1. The van der Waals surface area contributed by atoms with Gasteiger partial charge in [-0.3, -0.25) is 4.90 Å². The van der Waals surface area contributed by atoms with Gasteiger partial charge in [0, 0.05) is 31.2 Å². The first-order chi connectivity index (χ1) is 8.11. The van der Waals surface area contributed by atoms with Crippen molar-refractivity contribution >= 4 is 6.09 Å². The maximum absolute atomic E-state index is 11.8. The van der Waals surface area contributed by atoms with Gasteiger partial charge < -0.3 is 9.64 Å². The predicted molar refractivity (Wildman–Crippen MR) is 73.7 cm³/mol. The highest BCUT2D eigenvalue weighted by atomic mass is 16.6. The fourth-order valence-electron chi connectivity index (χ4n) is 2.56. The summed E-state index contributed by atoms with van der Waals surface area (Å²) in [6.07, 6.45) is -0.189. The summed E-state index contributed by atoms with van der Waals surface area (Å²) < 4.78 is 5.36. The van der Waals surface area contributed by atoms with Gasteiger partial charge >= 0.3 is 6.09 Å². The molecule has 0 unspecified atom stereocenters. The SMILES string of the molecule is CC(C)N(C(C)C)C1CN(C(=O)OC(C)(C)C)C1. The van der Waals surface area contributed by atoms with Crippen molar-refractivity contribution < 1.29 is 9.53 Å². The molecule has 1 aliphatic rings. The molecule has 0 bridgehead atoms. The number of hydrogen-bond donors (Lipinski definition) is 0. The van der Waals surface area contributed by atoms with Crippen molar-refractivity contribution in [3.05, 3.63) is 0 Å². The van der Waals surface area contributed by atoms with E-state index >= 15 is 0 Å². The van der Waals surface area contributed by atoms with E-state index in [1.54, 1.807) is 4.90 Å². The summed E-state index contributed by atoms with van der Waals surface area (Å²) in [6.45, 7) is 16.1. The van der Waals surface area contributed by atoms with Gasteiger partial charge in [0.25, 0.3) is 0 Å². The van der Waals surface area contributed by atoms with E-state index in [9.17, 15) is 4.79 Å². The number of likely N-dealkylation sites (tertiary alicyclic amines) is 1. The van der Waals surface area contributed by atoms with Gasteiger partial charge in [0.1, 0.15) is 5.60 Å². The Labute approximate surface area is 111 Å². The quantitative estimate of drug-likeness (QED) is 0.778. The molecule has 1 fully saturated rings. The third-order valence-electron chi connectivity index (χ3n) is 3.13. The molecule has 1 aliphatic heterocycles. The Morgan fingerprint density at radius 2 is 1.61 bits per heavy atom. The van der Waals surface area contributed by atoms with Crippen LogP contribution < -0.4 is 0 Å². The summed E-state index contributed by atoms with van der Waals surface area (Å²) in [5.74, 6) is 0. The number of ether oxygens (including phenoxy) is 1. The monoisotopic (exact) mass is 256 g/mol. The van der Waals surface area contributed by atoms with Crippen molar-refractivity contribution in [2.75, 3.05) is 13.1 Å². The van der Waals surface area contributed by atoms with Gasteiger partial charge in [-0.1, -0.05) is 0 Å². The lowest BCUT2D eigenvalue weighted by atomic mass is 10.0. The van der Waals surface area contributed by atoms with E-state index in [4.69, 9.17) is 4.74 Å². The van der Waals surface area contributed by atoms with E-state index < -0.39 is 5.60 Å². The molecule has 0 saturated carbocycles. The second kappa shape index (κ2) is 5.47. The van der Waals surface area contributed by atoms with Crippen LogP contribution in [0, 0.1) is 0 Å². The smallest absolute Gasteiger partial charge is 0.410 e. The predicted octanol–water partition coefficient (Wildman–Crippen LogP) is 2.72. The second-order valence-electron chi connectivity index (χ2n) is 6.67. The topological polar surface area (TPSA) is 32.8 Å². The zero-order chi connectivity index (χ0) is 14.1. The van der Waals surface area contributed by atoms with Crippen LogP contribution in [-0.4, -0.2) is 52.7 Å². The Morgan fingerprint density at radius 1 is 1.17 bits per heavy atom. The molecule has 0 aromatic carbocycles. The molecule has 1 heterocycles. The van der Waals surface area contributed by atoms with Crippen LogP contribution in [-0.2, 0) is 4.74 Å². The van der Waals surface area contributed by atoms with Crippen LogP contribution in [0.3, 0.4) is 0 Å². The molecular formula is C14H28N2O2. The van der Waals surface area contributed by atoms with Gasteiger partial charge in [-0.2, -0.15) is 0 Å². The molecule has 0 aromatic heterocycles. The zero-order valence-corrected chi connectivity index (χ0v) is 12.9. The number of hydrogen-bond acceptors (Lipinski definition) is 3. The van der Waals surface area contributed by atoms with Gasteiger partial charge in [-0.05, 0) is 48.5 Å². The highest BCUT2D eigenvalue weighted by molar-refractivity contribution is 5.69. The highest BCUT2D eigenvalue weighted by Gasteiger charge is 2.38. The molecule has 4 heteroatoms. The minimum Gasteiger partial charge on any atom is -0.444 e. The van der Waals surface area contributed by atoms with Crippen molar-refractivity contribution in [2.45, 2.75) is 72.2 Å². The van der Waals surface area contributed by atoms with Crippen LogP contribution >= 0.6 is 0 Å². The van der Waals surface area contributed by atoms with Gasteiger partial charge in [-0.25, -0.2) is 4.79 Å². The van der Waals surface area contributed by atoms with Crippen molar-refractivity contribution in [1.29, 1.82) is 0 Å². The summed E-state index contributed by atoms with van der Waals surface area (Å²) in [6, 6.07) is 1.49. The van der Waals surface area contributed by atoms with E-state index in [1.807, 2.05) is 20.8 Å². The van der Waals surface area contributed by atoms with Gasteiger partial charge in [0.15, 0.2) is 0 Å². The summed E-state index contributed by atoms with van der Waals surface area (Å²) >= 11 is 0.